The van der Waals surface area contributed by atoms with Crippen molar-refractivity contribution in [3.05, 3.63) is 15.8 Å². The van der Waals surface area contributed by atoms with Gasteiger partial charge in [0.2, 0.25) is 5.91 Å². The molecule has 2 aliphatic carbocycles. The third kappa shape index (κ3) is 5.63. The molecule has 2 saturated carbocycles. The quantitative estimate of drug-likeness (QED) is 0.497. The van der Waals surface area contributed by atoms with Crippen LogP contribution in [0.25, 0.3) is 0 Å². The average Bonchev–Trinajstić information content (AvgIpc) is 3.49. The molecule has 1 amide bonds. The van der Waals surface area contributed by atoms with Gasteiger partial charge in [-0.15, -0.1) is 11.3 Å². The van der Waals surface area contributed by atoms with E-state index >= 15 is 0 Å². The maximum Gasteiger partial charge on any atom is 0.350 e. The van der Waals surface area contributed by atoms with E-state index in [1.54, 1.807) is 0 Å². The Bertz CT molecular complexity index is 796. The molecule has 0 radical (unpaired) electrons. The first-order valence-corrected chi connectivity index (χ1v) is 13.7. The molecule has 184 valence electrons. The smallest absolute Gasteiger partial charge is 0.350 e. The van der Waals surface area contributed by atoms with Gasteiger partial charge in [0.25, 0.3) is 0 Å². The van der Waals surface area contributed by atoms with Gasteiger partial charge in [-0.3, -0.25) is 4.79 Å². The van der Waals surface area contributed by atoms with E-state index in [-0.39, 0.29) is 23.8 Å². The SMILES string of the molecule is CCc1cc(N(C(=O)C2CCCCCCCC2)C2CCC3(CC2)OCCO3)c(C(=O)OC)s1. The summed E-state index contributed by atoms with van der Waals surface area (Å²) >= 11 is 1.46. The minimum absolute atomic E-state index is 0.0217. The van der Waals surface area contributed by atoms with Crippen molar-refractivity contribution in [1.29, 1.82) is 0 Å². The van der Waals surface area contributed by atoms with Crippen LogP contribution in [0.5, 0.6) is 0 Å². The van der Waals surface area contributed by atoms with Crippen LogP contribution in [-0.4, -0.2) is 44.0 Å². The van der Waals surface area contributed by atoms with E-state index in [0.717, 1.165) is 68.4 Å². The molecular weight excluding hydrogens is 438 g/mol. The van der Waals surface area contributed by atoms with Crippen LogP contribution in [0.4, 0.5) is 5.69 Å². The summed E-state index contributed by atoms with van der Waals surface area (Å²) in [7, 11) is 1.42. The maximum absolute atomic E-state index is 14.2. The summed E-state index contributed by atoms with van der Waals surface area (Å²) in [5, 5.41) is 0. The standard InChI is InChI=1S/C26H39NO5S/c1-3-21-18-22(23(33-21)25(29)30-2)27(20-12-14-26(15-13-20)31-16-17-32-26)24(28)19-10-8-6-4-5-7-9-11-19/h18-20H,3-17H2,1-2H3. The minimum atomic E-state index is -0.474. The second kappa shape index (κ2) is 11.3. The fourth-order valence-corrected chi connectivity index (χ4v) is 6.69. The number of anilines is 1. The molecule has 1 aromatic rings. The highest BCUT2D eigenvalue weighted by atomic mass is 32.1. The van der Waals surface area contributed by atoms with Crippen molar-refractivity contribution in [2.45, 2.75) is 102 Å². The Morgan fingerprint density at radius 1 is 1.03 bits per heavy atom. The van der Waals surface area contributed by atoms with E-state index in [4.69, 9.17) is 14.2 Å². The zero-order valence-corrected chi connectivity index (χ0v) is 21.1. The summed E-state index contributed by atoms with van der Waals surface area (Å²) in [4.78, 5) is 30.5. The molecule has 3 fully saturated rings. The molecule has 4 rings (SSSR count). The molecule has 2 heterocycles. The van der Waals surface area contributed by atoms with Gasteiger partial charge in [-0.05, 0) is 38.2 Å². The highest BCUT2D eigenvalue weighted by Gasteiger charge is 2.44. The third-order valence-electron chi connectivity index (χ3n) is 7.58. The first kappa shape index (κ1) is 24.7. The number of amides is 1. The number of hydrogen-bond acceptors (Lipinski definition) is 6. The lowest BCUT2D eigenvalue weighted by Gasteiger charge is -2.41. The number of carbonyl (C=O) groups excluding carboxylic acids is 2. The first-order valence-electron chi connectivity index (χ1n) is 12.9. The van der Waals surface area contributed by atoms with Gasteiger partial charge in [0.1, 0.15) is 4.88 Å². The maximum atomic E-state index is 14.2. The van der Waals surface area contributed by atoms with Crippen molar-refractivity contribution in [3.8, 4) is 0 Å². The third-order valence-corrected chi connectivity index (χ3v) is 8.83. The van der Waals surface area contributed by atoms with Crippen LogP contribution in [0.15, 0.2) is 6.07 Å². The molecule has 0 N–H and O–H groups in total. The first-order chi connectivity index (χ1) is 16.1. The number of ether oxygens (including phenoxy) is 3. The Morgan fingerprint density at radius 3 is 2.21 bits per heavy atom. The Balaban J connectivity index is 1.64. The summed E-state index contributed by atoms with van der Waals surface area (Å²) in [6.07, 6.45) is 13.1. The molecule has 1 spiro atoms. The molecule has 33 heavy (non-hydrogen) atoms. The lowest BCUT2D eigenvalue weighted by atomic mass is 9.87. The molecule has 1 saturated heterocycles. The van der Waals surface area contributed by atoms with Crippen LogP contribution in [-0.2, 0) is 25.4 Å². The van der Waals surface area contributed by atoms with Crippen molar-refractivity contribution in [1.82, 2.24) is 0 Å². The molecule has 1 aromatic heterocycles. The monoisotopic (exact) mass is 477 g/mol. The highest BCUT2D eigenvalue weighted by molar-refractivity contribution is 7.14. The van der Waals surface area contributed by atoms with Crippen LogP contribution in [0.3, 0.4) is 0 Å². The second-order valence-electron chi connectivity index (χ2n) is 9.71. The highest BCUT2D eigenvalue weighted by Crippen LogP contribution is 2.42. The van der Waals surface area contributed by atoms with Gasteiger partial charge in [0.05, 0.1) is 26.0 Å². The largest absolute Gasteiger partial charge is 0.465 e. The number of hydrogen-bond donors (Lipinski definition) is 0. The van der Waals surface area contributed by atoms with Crippen LogP contribution in [0.2, 0.25) is 0 Å². The zero-order valence-electron chi connectivity index (χ0n) is 20.2. The lowest BCUT2D eigenvalue weighted by Crippen LogP contribution is -2.49. The molecular formula is C26H39NO5S. The van der Waals surface area contributed by atoms with Crippen molar-refractivity contribution in [2.24, 2.45) is 5.92 Å². The fourth-order valence-electron chi connectivity index (χ4n) is 5.68. The van der Waals surface area contributed by atoms with E-state index in [1.165, 1.54) is 44.1 Å². The van der Waals surface area contributed by atoms with E-state index in [1.807, 2.05) is 4.90 Å². The van der Waals surface area contributed by atoms with Crippen LogP contribution in [0.1, 0.15) is 98.5 Å². The normalized spacial score (nSPS) is 22.5. The van der Waals surface area contributed by atoms with Crippen molar-refractivity contribution < 1.29 is 23.8 Å². The Kier molecular flexibility index (Phi) is 8.47. The van der Waals surface area contributed by atoms with Crippen molar-refractivity contribution in [2.75, 3.05) is 25.2 Å². The molecule has 3 aliphatic rings. The summed E-state index contributed by atoms with van der Waals surface area (Å²) in [6, 6.07) is 2.10. The fraction of sp³-hybridized carbons (Fsp3) is 0.769. The summed E-state index contributed by atoms with van der Waals surface area (Å²) in [6.45, 7) is 3.37. The summed E-state index contributed by atoms with van der Waals surface area (Å²) < 4.78 is 17.0. The van der Waals surface area contributed by atoms with E-state index in [0.29, 0.717) is 18.1 Å². The van der Waals surface area contributed by atoms with Gasteiger partial charge in [0, 0.05) is 29.7 Å². The van der Waals surface area contributed by atoms with Crippen molar-refractivity contribution in [3.63, 3.8) is 0 Å². The number of rotatable bonds is 5. The molecule has 0 unspecified atom stereocenters. The van der Waals surface area contributed by atoms with Gasteiger partial charge in [-0.2, -0.15) is 0 Å². The van der Waals surface area contributed by atoms with E-state index in [2.05, 4.69) is 13.0 Å². The molecule has 0 aromatic carbocycles. The van der Waals surface area contributed by atoms with Crippen LogP contribution < -0.4 is 4.90 Å². The Hall–Kier alpha value is -1.44. The van der Waals surface area contributed by atoms with Gasteiger partial charge in [0.15, 0.2) is 5.79 Å². The number of esters is 1. The number of carbonyl (C=O) groups is 2. The van der Waals surface area contributed by atoms with Crippen LogP contribution >= 0.6 is 11.3 Å². The predicted octanol–water partition coefficient (Wildman–Crippen LogP) is 5.87. The van der Waals surface area contributed by atoms with Gasteiger partial charge < -0.3 is 19.1 Å². The van der Waals surface area contributed by atoms with E-state index in [9.17, 15) is 9.59 Å². The summed E-state index contributed by atoms with van der Waals surface area (Å²) in [5.74, 6) is -0.612. The molecule has 6 nitrogen and oxygen atoms in total. The van der Waals surface area contributed by atoms with Gasteiger partial charge in [-0.25, -0.2) is 4.79 Å². The zero-order chi connectivity index (χ0) is 23.3. The van der Waals surface area contributed by atoms with Gasteiger partial charge in [-0.1, -0.05) is 45.4 Å². The second-order valence-corrected chi connectivity index (χ2v) is 10.9. The number of methoxy groups -OCH3 is 1. The number of nitrogens with zero attached hydrogens (tertiary/aromatic N) is 1. The average molecular weight is 478 g/mol. The minimum Gasteiger partial charge on any atom is -0.465 e. The number of aryl methyl sites for hydroxylation is 1. The lowest BCUT2D eigenvalue weighted by molar-refractivity contribution is -0.179. The van der Waals surface area contributed by atoms with E-state index < -0.39 is 5.79 Å². The van der Waals surface area contributed by atoms with Crippen LogP contribution in [0, 0.1) is 5.92 Å². The van der Waals surface area contributed by atoms with Crippen molar-refractivity contribution >= 4 is 28.9 Å². The predicted molar refractivity (Wildman–Crippen MR) is 130 cm³/mol. The topological polar surface area (TPSA) is 65.1 Å². The summed E-state index contributed by atoms with van der Waals surface area (Å²) in [5.41, 5.74) is 0.753. The number of thiophene rings is 1. The molecule has 0 bridgehead atoms. The molecule has 0 atom stereocenters. The molecule has 7 heteroatoms. The Morgan fingerprint density at radius 2 is 1.64 bits per heavy atom. The molecule has 1 aliphatic heterocycles. The van der Waals surface area contributed by atoms with Gasteiger partial charge >= 0.3 is 5.97 Å². The Labute approximate surface area is 202 Å².